The summed E-state index contributed by atoms with van der Waals surface area (Å²) in [4.78, 5) is 25.2. The summed E-state index contributed by atoms with van der Waals surface area (Å²) in [6.45, 7) is 5.42. The van der Waals surface area contributed by atoms with Gasteiger partial charge >= 0.3 is 5.97 Å². The summed E-state index contributed by atoms with van der Waals surface area (Å²) in [7, 11) is 1.36. The van der Waals surface area contributed by atoms with Gasteiger partial charge in [0, 0.05) is 13.0 Å². The molecule has 2 unspecified atom stereocenters. The second kappa shape index (κ2) is 49.2. The van der Waals surface area contributed by atoms with Crippen LogP contribution in [-0.4, -0.2) is 70.7 Å². The summed E-state index contributed by atoms with van der Waals surface area (Å²) >= 11 is 0. The van der Waals surface area contributed by atoms with Gasteiger partial charge in [-0.2, -0.15) is 0 Å². The Labute approximate surface area is 404 Å². The first kappa shape index (κ1) is 63.7. The van der Waals surface area contributed by atoms with Crippen LogP contribution in [0.25, 0.3) is 0 Å². The van der Waals surface area contributed by atoms with E-state index in [-0.39, 0.29) is 25.8 Å². The molecule has 8 nitrogen and oxygen atoms in total. The van der Waals surface area contributed by atoms with Crippen LogP contribution in [0.4, 0.5) is 0 Å². The van der Waals surface area contributed by atoms with Gasteiger partial charge in [-0.05, 0) is 70.6 Å². The minimum absolute atomic E-state index is 0.0256. The number of ether oxygens (including phenoxy) is 2. The normalized spacial score (nSPS) is 13.8. The fourth-order valence-corrected chi connectivity index (χ4v) is 8.60. The van der Waals surface area contributed by atoms with Gasteiger partial charge in [-0.1, -0.05) is 217 Å². The summed E-state index contributed by atoms with van der Waals surface area (Å²) < 4.78 is 34.8. The maximum Gasteiger partial charge on any atom is 0.306 e. The molecule has 0 aliphatic carbocycles. The molecule has 0 N–H and O–H groups in total. The van der Waals surface area contributed by atoms with Crippen LogP contribution >= 0.6 is 7.82 Å². The highest BCUT2D eigenvalue weighted by molar-refractivity contribution is 7.45. The molecule has 0 bridgehead atoms. The maximum absolute atomic E-state index is 12.8. The minimum atomic E-state index is -4.53. The van der Waals surface area contributed by atoms with Crippen LogP contribution in [0.1, 0.15) is 258 Å². The van der Waals surface area contributed by atoms with Crippen LogP contribution in [0.5, 0.6) is 0 Å². The van der Waals surface area contributed by atoms with E-state index in [0.29, 0.717) is 24.1 Å². The average molecular weight is 938 g/mol. The zero-order valence-corrected chi connectivity index (χ0v) is 44.6. The van der Waals surface area contributed by atoms with Crippen molar-refractivity contribution in [2.45, 2.75) is 264 Å². The van der Waals surface area contributed by atoms with Gasteiger partial charge in [-0.15, -0.1) is 0 Å². The van der Waals surface area contributed by atoms with Crippen LogP contribution in [0, 0.1) is 0 Å². The van der Waals surface area contributed by atoms with E-state index in [2.05, 4.69) is 50.3 Å². The smallest absolute Gasteiger partial charge is 0.306 e. The minimum Gasteiger partial charge on any atom is -0.756 e. The number of rotatable bonds is 52. The van der Waals surface area contributed by atoms with Gasteiger partial charge in [0.25, 0.3) is 7.82 Å². The predicted octanol–water partition coefficient (Wildman–Crippen LogP) is 16.7. The molecule has 65 heavy (non-hydrogen) atoms. The largest absolute Gasteiger partial charge is 0.756 e. The zero-order chi connectivity index (χ0) is 47.6. The average Bonchev–Trinajstić information content (AvgIpc) is 3.27. The number of phosphoric ester groups is 1. The van der Waals surface area contributed by atoms with Crippen molar-refractivity contribution in [3.05, 3.63) is 36.5 Å². The number of nitrogens with zero attached hydrogens (tertiary/aromatic N) is 1. The molecule has 0 aromatic carbocycles. The van der Waals surface area contributed by atoms with Crippen LogP contribution in [0.3, 0.4) is 0 Å². The number of hydrogen-bond donors (Lipinski definition) is 0. The number of quaternary nitrogens is 1. The van der Waals surface area contributed by atoms with E-state index in [9.17, 15) is 14.3 Å². The second-order valence-corrected chi connectivity index (χ2v) is 21.3. The number of phosphoric acid groups is 1. The van der Waals surface area contributed by atoms with Crippen LogP contribution in [0.2, 0.25) is 0 Å². The SMILES string of the molecule is CCCCC/C=C\C/C=C\CCCCCCCCCCOCC(COP(=O)([O-])OCC[N+](C)(C)C)OC(=O)CCCCCCCCCCCCCCC/C=C\CCCCCCCCCC. The third-order valence-electron chi connectivity index (χ3n) is 12.2. The van der Waals surface area contributed by atoms with Crippen molar-refractivity contribution in [3.63, 3.8) is 0 Å². The third-order valence-corrected chi connectivity index (χ3v) is 13.1. The highest BCUT2D eigenvalue weighted by Crippen LogP contribution is 2.38. The Balaban J connectivity index is 4.07. The standard InChI is InChI=1S/C56H108NO7P/c1-6-8-10-12-14-16-18-20-22-24-26-27-28-29-30-31-32-33-35-37-39-41-43-45-47-49-56(58)64-55(54-63-65(59,60)62-52-50-57(3,4)5)53-61-51-48-46-44-42-40-38-36-34-25-23-21-19-17-15-13-11-9-7-2/h15,17,21,23-24,26,55H,6-14,16,18-20,22,25,27-54H2,1-5H3/b17-15-,23-21-,26-24-. The van der Waals surface area contributed by atoms with Crippen molar-refractivity contribution >= 4 is 13.8 Å². The van der Waals surface area contributed by atoms with Crippen molar-refractivity contribution in [1.82, 2.24) is 0 Å². The Morgan fingerprint density at radius 3 is 1.29 bits per heavy atom. The molecule has 0 rings (SSSR count). The van der Waals surface area contributed by atoms with E-state index < -0.39 is 13.9 Å². The van der Waals surface area contributed by atoms with E-state index in [1.165, 1.54) is 199 Å². The molecule has 0 aliphatic rings. The fourth-order valence-electron chi connectivity index (χ4n) is 7.87. The lowest BCUT2D eigenvalue weighted by atomic mass is 10.0. The van der Waals surface area contributed by atoms with E-state index in [1.807, 2.05) is 21.1 Å². The molecule has 384 valence electrons. The van der Waals surface area contributed by atoms with Crippen molar-refractivity contribution in [2.75, 3.05) is 54.1 Å². The van der Waals surface area contributed by atoms with Gasteiger partial charge in [-0.3, -0.25) is 9.36 Å². The Morgan fingerprint density at radius 1 is 0.477 bits per heavy atom. The van der Waals surface area contributed by atoms with Gasteiger partial charge in [-0.25, -0.2) is 0 Å². The van der Waals surface area contributed by atoms with Crippen molar-refractivity contribution in [1.29, 1.82) is 0 Å². The first-order valence-corrected chi connectivity index (χ1v) is 29.2. The van der Waals surface area contributed by atoms with E-state index >= 15 is 0 Å². The lowest BCUT2D eigenvalue weighted by Gasteiger charge is -2.28. The van der Waals surface area contributed by atoms with E-state index in [1.54, 1.807) is 0 Å². The number of likely N-dealkylation sites (N-methyl/N-ethyl adjacent to an activating group) is 1. The molecule has 0 saturated carbocycles. The van der Waals surface area contributed by atoms with Crippen LogP contribution in [-0.2, 0) is 27.9 Å². The van der Waals surface area contributed by atoms with Crippen molar-refractivity contribution in [3.8, 4) is 0 Å². The summed E-state index contributed by atoms with van der Waals surface area (Å²) in [5, 5.41) is 0. The fraction of sp³-hybridized carbons (Fsp3) is 0.875. The number of carbonyl (C=O) groups excluding carboxylic acids is 1. The van der Waals surface area contributed by atoms with Gasteiger partial charge in [0.05, 0.1) is 34.4 Å². The highest BCUT2D eigenvalue weighted by Gasteiger charge is 2.20. The maximum atomic E-state index is 12.8. The molecule has 0 fully saturated rings. The number of unbranched alkanes of at least 4 members (excludes halogenated alkanes) is 32. The molecule has 0 heterocycles. The van der Waals surface area contributed by atoms with E-state index in [0.717, 1.165) is 38.5 Å². The second-order valence-electron chi connectivity index (χ2n) is 19.9. The van der Waals surface area contributed by atoms with Crippen LogP contribution < -0.4 is 4.89 Å². The summed E-state index contributed by atoms with van der Waals surface area (Å²) in [5.74, 6) is -0.333. The van der Waals surface area contributed by atoms with Crippen LogP contribution in [0.15, 0.2) is 36.5 Å². The summed E-state index contributed by atoms with van der Waals surface area (Å²) in [6, 6.07) is 0. The topological polar surface area (TPSA) is 94.1 Å². The van der Waals surface area contributed by atoms with Crippen molar-refractivity contribution < 1.29 is 37.3 Å². The van der Waals surface area contributed by atoms with Gasteiger partial charge in [0.15, 0.2) is 0 Å². The van der Waals surface area contributed by atoms with E-state index in [4.69, 9.17) is 18.5 Å². The first-order chi connectivity index (χ1) is 31.6. The van der Waals surface area contributed by atoms with Gasteiger partial charge < -0.3 is 27.9 Å². The molecular formula is C56H108NO7P. The summed E-state index contributed by atoms with van der Waals surface area (Å²) in [6.07, 6.45) is 60.3. The van der Waals surface area contributed by atoms with Gasteiger partial charge in [0.1, 0.15) is 19.3 Å². The predicted molar refractivity (Wildman–Crippen MR) is 277 cm³/mol. The number of carbonyl (C=O) groups is 1. The quantitative estimate of drug-likeness (QED) is 0.0197. The molecule has 0 radical (unpaired) electrons. The molecule has 0 aliphatic heterocycles. The Kier molecular flexibility index (Phi) is 48.2. The number of hydrogen-bond acceptors (Lipinski definition) is 7. The Morgan fingerprint density at radius 2 is 0.846 bits per heavy atom. The molecule has 0 spiro atoms. The molecular weight excluding hydrogens is 830 g/mol. The molecule has 0 amide bonds. The summed E-state index contributed by atoms with van der Waals surface area (Å²) in [5.41, 5.74) is 0. The molecule has 0 aromatic heterocycles. The number of esters is 1. The molecule has 0 aromatic rings. The highest BCUT2D eigenvalue weighted by atomic mass is 31.2. The Hall–Kier alpha value is -1.28. The third kappa shape index (κ3) is 53.5. The Bertz CT molecular complexity index is 1140. The number of allylic oxidation sites excluding steroid dienone is 6. The van der Waals surface area contributed by atoms with Crippen molar-refractivity contribution in [2.24, 2.45) is 0 Å². The molecule has 0 saturated heterocycles. The van der Waals surface area contributed by atoms with Gasteiger partial charge in [0.2, 0.25) is 0 Å². The zero-order valence-electron chi connectivity index (χ0n) is 43.7. The lowest BCUT2D eigenvalue weighted by Crippen LogP contribution is -2.37. The molecule has 9 heteroatoms. The molecule has 2 atom stereocenters. The first-order valence-electron chi connectivity index (χ1n) is 27.7. The monoisotopic (exact) mass is 938 g/mol. The lowest BCUT2D eigenvalue weighted by molar-refractivity contribution is -0.870.